The third kappa shape index (κ3) is 8.02. The second-order valence-corrected chi connectivity index (χ2v) is 10.6. The van der Waals surface area contributed by atoms with Crippen LogP contribution in [0.1, 0.15) is 109 Å². The van der Waals surface area contributed by atoms with E-state index in [2.05, 4.69) is 83.1 Å². The van der Waals surface area contributed by atoms with E-state index >= 15 is 0 Å². The summed E-state index contributed by atoms with van der Waals surface area (Å²) in [5, 5.41) is 0. The number of hydrogen-bond donors (Lipinski definition) is 0. The highest BCUT2D eigenvalue weighted by Crippen LogP contribution is 2.42. The van der Waals surface area contributed by atoms with Crippen molar-refractivity contribution in [3.05, 3.63) is 0 Å². The van der Waals surface area contributed by atoms with Gasteiger partial charge in [-0.05, 0) is 76.0 Å². The highest BCUT2D eigenvalue weighted by atomic mass is 16.5. The fourth-order valence-corrected chi connectivity index (χ4v) is 5.80. The molecule has 0 aliphatic heterocycles. The van der Waals surface area contributed by atoms with Crippen LogP contribution in [0, 0.1) is 35.5 Å². The van der Waals surface area contributed by atoms with E-state index in [1.165, 1.54) is 25.7 Å². The minimum Gasteiger partial charge on any atom is -0.369 e. The third-order valence-electron chi connectivity index (χ3n) is 6.25. The number of hydrogen-bond acceptors (Lipinski definition) is 1. The molecule has 0 rings (SSSR count). The molecule has 0 spiro atoms. The molecular formula is C24H50O. The second kappa shape index (κ2) is 10.3. The summed E-state index contributed by atoms with van der Waals surface area (Å²) in [5.41, 5.74) is -0.172. The van der Waals surface area contributed by atoms with Gasteiger partial charge in [0.05, 0.1) is 11.2 Å². The van der Waals surface area contributed by atoms with E-state index in [9.17, 15) is 0 Å². The zero-order chi connectivity index (χ0) is 20.0. The molecular weight excluding hydrogens is 304 g/mol. The van der Waals surface area contributed by atoms with Gasteiger partial charge in [0.25, 0.3) is 0 Å². The maximum absolute atomic E-state index is 6.94. The SMILES string of the molecule is CCC(C(C)CC(C)C)C(C)(C)OC(C)(C)C(CC)C(C)CC(C)C. The lowest BCUT2D eigenvalue weighted by Gasteiger charge is -2.48. The van der Waals surface area contributed by atoms with Crippen LogP contribution in [0.25, 0.3) is 0 Å². The summed E-state index contributed by atoms with van der Waals surface area (Å²) in [7, 11) is 0. The van der Waals surface area contributed by atoms with Crippen molar-refractivity contribution in [1.29, 1.82) is 0 Å². The van der Waals surface area contributed by atoms with Crippen molar-refractivity contribution in [3.8, 4) is 0 Å². The third-order valence-corrected chi connectivity index (χ3v) is 6.25. The van der Waals surface area contributed by atoms with Crippen LogP contribution in [0.3, 0.4) is 0 Å². The van der Waals surface area contributed by atoms with Gasteiger partial charge in [-0.1, -0.05) is 68.2 Å². The second-order valence-electron chi connectivity index (χ2n) is 10.6. The highest BCUT2D eigenvalue weighted by molar-refractivity contribution is 4.90. The van der Waals surface area contributed by atoms with Gasteiger partial charge in [0.15, 0.2) is 0 Å². The molecule has 0 amide bonds. The first-order valence-electron chi connectivity index (χ1n) is 11.0. The minimum atomic E-state index is -0.0858. The lowest BCUT2D eigenvalue weighted by Crippen LogP contribution is -2.49. The normalized spacial score (nSPS) is 18.5. The Morgan fingerprint density at radius 1 is 0.600 bits per heavy atom. The summed E-state index contributed by atoms with van der Waals surface area (Å²) in [6.45, 7) is 28.2. The van der Waals surface area contributed by atoms with Crippen LogP contribution in [0.4, 0.5) is 0 Å². The van der Waals surface area contributed by atoms with Crippen molar-refractivity contribution in [3.63, 3.8) is 0 Å². The Hall–Kier alpha value is -0.0400. The standard InChI is InChI=1S/C24H50O/c1-13-21(19(7)15-17(3)4)23(9,10)25-24(11,12)22(14-2)20(8)16-18(5)6/h17-22H,13-16H2,1-12H3. The molecule has 0 radical (unpaired) electrons. The van der Waals surface area contributed by atoms with Gasteiger partial charge in [0, 0.05) is 0 Å². The fourth-order valence-electron chi connectivity index (χ4n) is 5.80. The predicted molar refractivity (Wildman–Crippen MR) is 114 cm³/mol. The van der Waals surface area contributed by atoms with Gasteiger partial charge in [-0.3, -0.25) is 0 Å². The Morgan fingerprint density at radius 3 is 1.08 bits per heavy atom. The van der Waals surface area contributed by atoms with E-state index in [1.54, 1.807) is 0 Å². The monoisotopic (exact) mass is 354 g/mol. The molecule has 0 saturated carbocycles. The predicted octanol–water partition coefficient (Wildman–Crippen LogP) is 7.98. The average Bonchev–Trinajstić information content (AvgIpc) is 2.35. The summed E-state index contributed by atoms with van der Waals surface area (Å²) >= 11 is 0. The van der Waals surface area contributed by atoms with E-state index in [4.69, 9.17) is 4.74 Å². The number of rotatable bonds is 12. The van der Waals surface area contributed by atoms with E-state index in [-0.39, 0.29) is 11.2 Å². The van der Waals surface area contributed by atoms with Gasteiger partial charge in [0.2, 0.25) is 0 Å². The molecule has 1 heteroatoms. The maximum atomic E-state index is 6.94. The quantitative estimate of drug-likeness (QED) is 0.345. The van der Waals surface area contributed by atoms with Crippen LogP contribution in [0.5, 0.6) is 0 Å². The molecule has 0 fully saturated rings. The lowest BCUT2D eigenvalue weighted by molar-refractivity contribution is -0.189. The topological polar surface area (TPSA) is 9.23 Å². The smallest absolute Gasteiger partial charge is 0.0664 e. The van der Waals surface area contributed by atoms with Gasteiger partial charge < -0.3 is 4.74 Å². The largest absolute Gasteiger partial charge is 0.369 e. The summed E-state index contributed by atoms with van der Waals surface area (Å²) in [4.78, 5) is 0. The van der Waals surface area contributed by atoms with Crippen LogP contribution in [-0.4, -0.2) is 11.2 Å². The Balaban J connectivity index is 5.29. The van der Waals surface area contributed by atoms with Crippen LogP contribution in [0.2, 0.25) is 0 Å². The molecule has 4 atom stereocenters. The van der Waals surface area contributed by atoms with E-state index in [1.807, 2.05) is 0 Å². The van der Waals surface area contributed by atoms with Gasteiger partial charge in [0.1, 0.15) is 0 Å². The van der Waals surface area contributed by atoms with Crippen LogP contribution < -0.4 is 0 Å². The van der Waals surface area contributed by atoms with Gasteiger partial charge in [-0.15, -0.1) is 0 Å². The molecule has 1 nitrogen and oxygen atoms in total. The Morgan fingerprint density at radius 2 is 0.880 bits per heavy atom. The van der Waals surface area contributed by atoms with Crippen LogP contribution in [-0.2, 0) is 4.74 Å². The molecule has 0 aliphatic carbocycles. The van der Waals surface area contributed by atoms with Gasteiger partial charge in [-0.2, -0.15) is 0 Å². The van der Waals surface area contributed by atoms with E-state index < -0.39 is 0 Å². The molecule has 152 valence electrons. The summed E-state index contributed by atoms with van der Waals surface area (Å²) in [6.07, 6.45) is 4.95. The minimum absolute atomic E-state index is 0.0858. The molecule has 0 aromatic heterocycles. The fraction of sp³-hybridized carbons (Fsp3) is 1.00. The van der Waals surface area contributed by atoms with Crippen LogP contribution in [0.15, 0.2) is 0 Å². The van der Waals surface area contributed by atoms with Gasteiger partial charge in [-0.25, -0.2) is 0 Å². The van der Waals surface area contributed by atoms with Crippen molar-refractivity contribution in [1.82, 2.24) is 0 Å². The first kappa shape index (κ1) is 25.0. The Bertz CT molecular complexity index is 319. The van der Waals surface area contributed by atoms with Crippen molar-refractivity contribution >= 4 is 0 Å². The maximum Gasteiger partial charge on any atom is 0.0664 e. The van der Waals surface area contributed by atoms with Crippen molar-refractivity contribution in [2.75, 3.05) is 0 Å². The Kier molecular flexibility index (Phi) is 10.3. The van der Waals surface area contributed by atoms with E-state index in [0.717, 1.165) is 11.8 Å². The molecule has 0 heterocycles. The molecule has 0 bridgehead atoms. The zero-order valence-electron chi connectivity index (χ0n) is 19.7. The first-order valence-corrected chi connectivity index (χ1v) is 11.0. The van der Waals surface area contributed by atoms with Crippen LogP contribution >= 0.6 is 0 Å². The van der Waals surface area contributed by atoms with Crippen molar-refractivity contribution < 1.29 is 4.74 Å². The molecule has 0 aromatic carbocycles. The molecule has 0 N–H and O–H groups in total. The molecule has 0 aromatic rings. The number of ether oxygens (including phenoxy) is 1. The Labute approximate surface area is 160 Å². The molecule has 0 aliphatic rings. The highest BCUT2D eigenvalue weighted by Gasteiger charge is 2.42. The molecule has 25 heavy (non-hydrogen) atoms. The first-order chi connectivity index (χ1) is 11.3. The summed E-state index contributed by atoms with van der Waals surface area (Å²) in [6, 6.07) is 0. The molecule has 4 unspecified atom stereocenters. The van der Waals surface area contributed by atoms with Crippen molar-refractivity contribution in [2.24, 2.45) is 35.5 Å². The lowest BCUT2D eigenvalue weighted by atomic mass is 9.73. The van der Waals surface area contributed by atoms with Crippen molar-refractivity contribution in [2.45, 2.75) is 120 Å². The summed E-state index contributed by atoms with van der Waals surface area (Å²) in [5.74, 6) is 4.11. The molecule has 0 saturated heterocycles. The zero-order valence-corrected chi connectivity index (χ0v) is 19.7. The summed E-state index contributed by atoms with van der Waals surface area (Å²) < 4.78 is 6.94. The van der Waals surface area contributed by atoms with Gasteiger partial charge >= 0.3 is 0 Å². The average molecular weight is 355 g/mol. The van der Waals surface area contributed by atoms with E-state index in [0.29, 0.717) is 23.7 Å².